The van der Waals surface area contributed by atoms with Crippen LogP contribution in [0.1, 0.15) is 63.4 Å². The van der Waals surface area contributed by atoms with Gasteiger partial charge in [-0.2, -0.15) is 0 Å². The highest BCUT2D eigenvalue weighted by molar-refractivity contribution is 5.66. The molecule has 1 aromatic rings. The maximum Gasteiger partial charge on any atom is 0.303 e. The van der Waals surface area contributed by atoms with Crippen molar-refractivity contribution in [2.75, 3.05) is 13.1 Å². The first-order chi connectivity index (χ1) is 14.1. The number of rotatable bonds is 14. The molecular weight excluding hydrogens is 366 g/mol. The Kier molecular flexibility index (Phi) is 8.96. The first-order valence-corrected chi connectivity index (χ1v) is 11.4. The van der Waals surface area contributed by atoms with Gasteiger partial charge in [0.05, 0.1) is 18.3 Å². The van der Waals surface area contributed by atoms with E-state index in [9.17, 15) is 9.90 Å². The Bertz CT molecular complexity index is 608. The minimum atomic E-state index is -0.687. The SMILES string of the molecule is O=C(O)CCCCCC[C@@H]1[C@@H](CCNCC(O)Cc2ccccc2)[C@@H]2CC[C@H]1O2. The average Bonchev–Trinajstić information content (AvgIpc) is 3.30. The van der Waals surface area contributed by atoms with E-state index in [-0.39, 0.29) is 6.10 Å². The van der Waals surface area contributed by atoms with Gasteiger partial charge in [-0.05, 0) is 62.5 Å². The summed E-state index contributed by atoms with van der Waals surface area (Å²) in [5, 5.41) is 22.4. The van der Waals surface area contributed by atoms with Crippen LogP contribution in [-0.2, 0) is 16.0 Å². The zero-order valence-electron chi connectivity index (χ0n) is 17.5. The Balaban J connectivity index is 1.31. The normalized spacial score (nSPS) is 26.7. The fourth-order valence-electron chi connectivity index (χ4n) is 5.18. The summed E-state index contributed by atoms with van der Waals surface area (Å²) in [5.74, 6) is 0.601. The van der Waals surface area contributed by atoms with Gasteiger partial charge in [-0.3, -0.25) is 4.79 Å². The number of nitrogens with one attached hydrogen (secondary N) is 1. The lowest BCUT2D eigenvalue weighted by molar-refractivity contribution is -0.137. The lowest BCUT2D eigenvalue weighted by Crippen LogP contribution is -2.33. The number of fused-ring (bicyclic) bond motifs is 2. The van der Waals surface area contributed by atoms with Crippen molar-refractivity contribution in [3.63, 3.8) is 0 Å². The van der Waals surface area contributed by atoms with Crippen LogP contribution in [-0.4, -0.2) is 47.6 Å². The topological polar surface area (TPSA) is 78.8 Å². The van der Waals surface area contributed by atoms with Gasteiger partial charge in [0, 0.05) is 13.0 Å². The summed E-state index contributed by atoms with van der Waals surface area (Å²) < 4.78 is 6.21. The molecule has 2 fully saturated rings. The van der Waals surface area contributed by atoms with Crippen molar-refractivity contribution in [3.05, 3.63) is 35.9 Å². The quantitative estimate of drug-likeness (QED) is 0.412. The van der Waals surface area contributed by atoms with E-state index in [2.05, 4.69) is 17.4 Å². The van der Waals surface area contributed by atoms with E-state index < -0.39 is 5.97 Å². The van der Waals surface area contributed by atoms with Crippen molar-refractivity contribution in [1.82, 2.24) is 5.32 Å². The predicted molar refractivity (Wildman–Crippen MR) is 114 cm³/mol. The fraction of sp³-hybridized carbons (Fsp3) is 0.708. The molecule has 0 aliphatic carbocycles. The summed E-state index contributed by atoms with van der Waals surface area (Å²) in [5.41, 5.74) is 1.17. The Morgan fingerprint density at radius 2 is 1.72 bits per heavy atom. The van der Waals surface area contributed by atoms with Gasteiger partial charge in [0.15, 0.2) is 0 Å². The van der Waals surface area contributed by atoms with Crippen LogP contribution in [0.25, 0.3) is 0 Å². The van der Waals surface area contributed by atoms with E-state index in [1.54, 1.807) is 0 Å². The Hall–Kier alpha value is -1.43. The van der Waals surface area contributed by atoms with Crippen molar-refractivity contribution in [3.8, 4) is 0 Å². The van der Waals surface area contributed by atoms with Crippen LogP contribution in [0, 0.1) is 11.8 Å². The summed E-state index contributed by atoms with van der Waals surface area (Å²) in [7, 11) is 0. The molecule has 5 heteroatoms. The number of carbonyl (C=O) groups is 1. The van der Waals surface area contributed by atoms with Crippen LogP contribution in [0.15, 0.2) is 30.3 Å². The molecule has 2 bridgehead atoms. The summed E-state index contributed by atoms with van der Waals surface area (Å²) in [6, 6.07) is 10.1. The summed E-state index contributed by atoms with van der Waals surface area (Å²) in [6.45, 7) is 1.56. The van der Waals surface area contributed by atoms with Crippen molar-refractivity contribution in [2.24, 2.45) is 11.8 Å². The lowest BCUT2D eigenvalue weighted by Gasteiger charge is -2.28. The third kappa shape index (κ3) is 7.09. The number of ether oxygens (including phenoxy) is 1. The number of carboxylic acids is 1. The van der Waals surface area contributed by atoms with Gasteiger partial charge in [0.1, 0.15) is 0 Å². The average molecular weight is 404 g/mol. The second kappa shape index (κ2) is 11.7. The molecule has 5 nitrogen and oxygen atoms in total. The summed E-state index contributed by atoms with van der Waals surface area (Å²) in [6.07, 6.45) is 10.3. The van der Waals surface area contributed by atoms with Crippen molar-refractivity contribution in [2.45, 2.75) is 82.5 Å². The smallest absolute Gasteiger partial charge is 0.303 e. The summed E-state index contributed by atoms with van der Waals surface area (Å²) in [4.78, 5) is 10.6. The number of hydrogen-bond acceptors (Lipinski definition) is 4. The largest absolute Gasteiger partial charge is 0.481 e. The molecule has 2 heterocycles. The molecule has 0 saturated carbocycles. The van der Waals surface area contributed by atoms with Crippen LogP contribution in [0.5, 0.6) is 0 Å². The fourth-order valence-corrected chi connectivity index (χ4v) is 5.18. The third-order valence-corrected chi connectivity index (χ3v) is 6.62. The molecule has 0 radical (unpaired) electrons. The van der Waals surface area contributed by atoms with Gasteiger partial charge >= 0.3 is 5.97 Å². The van der Waals surface area contributed by atoms with Crippen LogP contribution in [0.3, 0.4) is 0 Å². The second-order valence-corrected chi connectivity index (χ2v) is 8.80. The van der Waals surface area contributed by atoms with Gasteiger partial charge < -0.3 is 20.3 Å². The van der Waals surface area contributed by atoms with Crippen LogP contribution in [0.4, 0.5) is 0 Å². The first-order valence-electron chi connectivity index (χ1n) is 11.4. The van der Waals surface area contributed by atoms with Gasteiger partial charge in [-0.15, -0.1) is 0 Å². The highest BCUT2D eigenvalue weighted by Gasteiger charge is 2.47. The lowest BCUT2D eigenvalue weighted by atomic mass is 9.75. The van der Waals surface area contributed by atoms with Gasteiger partial charge in [0.2, 0.25) is 0 Å². The monoisotopic (exact) mass is 403 g/mol. The zero-order chi connectivity index (χ0) is 20.5. The molecule has 29 heavy (non-hydrogen) atoms. The molecule has 0 amide bonds. The maximum atomic E-state index is 10.6. The molecule has 3 rings (SSSR count). The minimum Gasteiger partial charge on any atom is -0.481 e. The third-order valence-electron chi connectivity index (χ3n) is 6.62. The van der Waals surface area contributed by atoms with Crippen LogP contribution >= 0.6 is 0 Å². The van der Waals surface area contributed by atoms with E-state index in [4.69, 9.17) is 9.84 Å². The molecule has 162 valence electrons. The summed E-state index contributed by atoms with van der Waals surface area (Å²) >= 11 is 0. The van der Waals surface area contributed by atoms with Gasteiger partial charge in [0.25, 0.3) is 0 Å². The van der Waals surface area contributed by atoms with E-state index in [1.165, 1.54) is 31.2 Å². The Morgan fingerprint density at radius 3 is 2.45 bits per heavy atom. The van der Waals surface area contributed by atoms with Crippen LogP contribution in [0.2, 0.25) is 0 Å². The molecule has 2 saturated heterocycles. The Morgan fingerprint density at radius 1 is 1.03 bits per heavy atom. The molecule has 0 aromatic heterocycles. The van der Waals surface area contributed by atoms with E-state index in [0.29, 0.717) is 43.4 Å². The molecule has 5 atom stereocenters. The zero-order valence-corrected chi connectivity index (χ0v) is 17.5. The number of aliphatic hydroxyl groups is 1. The van der Waals surface area contributed by atoms with Crippen LogP contribution < -0.4 is 5.32 Å². The number of benzene rings is 1. The molecule has 3 N–H and O–H groups in total. The number of hydrogen-bond donors (Lipinski definition) is 3. The van der Waals surface area contributed by atoms with Gasteiger partial charge in [-0.25, -0.2) is 0 Å². The standard InChI is InChI=1S/C24H37NO4/c26-19(16-18-8-4-3-5-9-18)17-25-15-14-21-20(22-12-13-23(21)29-22)10-6-1-2-7-11-24(27)28/h3-5,8-9,19-23,25-26H,1-2,6-7,10-17H2,(H,27,28)/t19?,20-,21-,22-,23+/m1/s1. The number of unbranched alkanes of at least 4 members (excludes halogenated alkanes) is 3. The number of carboxylic acid groups (broad SMARTS) is 1. The van der Waals surface area contributed by atoms with E-state index >= 15 is 0 Å². The molecule has 2 aliphatic rings. The van der Waals surface area contributed by atoms with Crippen molar-refractivity contribution >= 4 is 5.97 Å². The molecule has 0 spiro atoms. The molecule has 1 unspecified atom stereocenters. The maximum absolute atomic E-state index is 10.6. The molecular formula is C24H37NO4. The van der Waals surface area contributed by atoms with Gasteiger partial charge in [-0.1, -0.05) is 49.6 Å². The van der Waals surface area contributed by atoms with Crippen molar-refractivity contribution < 1.29 is 19.7 Å². The minimum absolute atomic E-state index is 0.293. The highest BCUT2D eigenvalue weighted by atomic mass is 16.5. The predicted octanol–water partition coefficient (Wildman–Crippen LogP) is 3.79. The highest BCUT2D eigenvalue weighted by Crippen LogP contribution is 2.47. The number of aliphatic carboxylic acids is 1. The number of aliphatic hydroxyl groups excluding tert-OH is 1. The second-order valence-electron chi connectivity index (χ2n) is 8.80. The first kappa shape index (κ1) is 22.3. The molecule has 1 aromatic carbocycles. The molecule has 2 aliphatic heterocycles. The Labute approximate surface area is 174 Å². The van der Waals surface area contributed by atoms with E-state index in [1.807, 2.05) is 18.2 Å². The van der Waals surface area contributed by atoms with Crippen molar-refractivity contribution in [1.29, 1.82) is 0 Å². The van der Waals surface area contributed by atoms with E-state index in [0.717, 1.165) is 32.2 Å².